The number of hydrogen-bond acceptors (Lipinski definition) is 7. The van der Waals surface area contributed by atoms with Crippen LogP contribution >= 0.6 is 0 Å². The van der Waals surface area contributed by atoms with E-state index >= 15 is 0 Å². The Bertz CT molecular complexity index is 1530. The summed E-state index contributed by atoms with van der Waals surface area (Å²) in [6, 6.07) is 24.4. The van der Waals surface area contributed by atoms with Gasteiger partial charge in [0.05, 0.1) is 46.2 Å². The molecule has 0 saturated carbocycles. The van der Waals surface area contributed by atoms with E-state index in [9.17, 15) is 4.79 Å². The molecule has 1 aliphatic heterocycles. The molecule has 8 nitrogen and oxygen atoms in total. The maximum atomic E-state index is 12.9. The first-order valence-electron chi connectivity index (χ1n) is 15.6. The van der Waals surface area contributed by atoms with Gasteiger partial charge in [-0.05, 0) is 74.0 Å². The number of methoxy groups -OCH3 is 1. The summed E-state index contributed by atoms with van der Waals surface area (Å²) in [5, 5.41) is 2.22. The van der Waals surface area contributed by atoms with Crippen LogP contribution in [0.2, 0.25) is 0 Å². The Morgan fingerprint density at radius 3 is 2.58 bits per heavy atom. The molecule has 45 heavy (non-hydrogen) atoms. The molecular formula is C37H44N2O6. The Morgan fingerprint density at radius 1 is 0.956 bits per heavy atom. The van der Waals surface area contributed by atoms with Crippen molar-refractivity contribution in [3.05, 3.63) is 102 Å². The molecule has 4 aromatic rings. The lowest BCUT2D eigenvalue weighted by Gasteiger charge is -2.39. The molecule has 2 heterocycles. The quantitative estimate of drug-likeness (QED) is 0.153. The van der Waals surface area contributed by atoms with Gasteiger partial charge >= 0.3 is 6.09 Å². The first-order chi connectivity index (χ1) is 21.8. The van der Waals surface area contributed by atoms with Gasteiger partial charge in [-0.25, -0.2) is 4.79 Å². The minimum absolute atomic E-state index is 0.128. The van der Waals surface area contributed by atoms with E-state index in [1.165, 1.54) is 5.56 Å². The largest absolute Gasteiger partial charge is 0.496 e. The topological polar surface area (TPSA) is 79.4 Å². The van der Waals surface area contributed by atoms with Gasteiger partial charge in [0.2, 0.25) is 0 Å². The molecule has 2 unspecified atom stereocenters. The van der Waals surface area contributed by atoms with Crippen LogP contribution in [-0.2, 0) is 27.4 Å². The first kappa shape index (κ1) is 32.3. The predicted octanol–water partition coefficient (Wildman–Crippen LogP) is 7.54. The van der Waals surface area contributed by atoms with E-state index in [4.69, 9.17) is 23.7 Å². The van der Waals surface area contributed by atoms with Gasteiger partial charge in [-0.3, -0.25) is 4.98 Å². The number of nitrogens with zero attached hydrogens (tertiary/aromatic N) is 2. The Labute approximate surface area is 266 Å². The first-order valence-corrected chi connectivity index (χ1v) is 15.6. The van der Waals surface area contributed by atoms with Gasteiger partial charge in [-0.15, -0.1) is 0 Å². The number of para-hydroxylation sites is 1. The van der Waals surface area contributed by atoms with Crippen LogP contribution in [0.4, 0.5) is 4.79 Å². The van der Waals surface area contributed by atoms with Gasteiger partial charge in [0.1, 0.15) is 17.1 Å². The monoisotopic (exact) mass is 612 g/mol. The molecule has 2 atom stereocenters. The molecular weight excluding hydrogens is 568 g/mol. The van der Waals surface area contributed by atoms with E-state index in [1.54, 1.807) is 18.2 Å². The van der Waals surface area contributed by atoms with Crippen LogP contribution in [0.25, 0.3) is 10.8 Å². The van der Waals surface area contributed by atoms with Crippen molar-refractivity contribution in [2.24, 2.45) is 0 Å². The van der Waals surface area contributed by atoms with Crippen LogP contribution in [0.1, 0.15) is 56.2 Å². The molecule has 1 fully saturated rings. The van der Waals surface area contributed by atoms with E-state index in [1.807, 2.05) is 69.4 Å². The van der Waals surface area contributed by atoms with Gasteiger partial charge in [-0.2, -0.15) is 0 Å². The smallest absolute Gasteiger partial charge is 0.410 e. The minimum Gasteiger partial charge on any atom is -0.496 e. The van der Waals surface area contributed by atoms with Gasteiger partial charge in [0.25, 0.3) is 0 Å². The number of pyridine rings is 1. The van der Waals surface area contributed by atoms with E-state index < -0.39 is 5.60 Å². The number of carbonyl (C=O) groups is 1. The fourth-order valence-electron chi connectivity index (χ4n) is 5.55. The van der Waals surface area contributed by atoms with E-state index in [2.05, 4.69) is 35.3 Å². The third kappa shape index (κ3) is 9.19. The van der Waals surface area contributed by atoms with Crippen molar-refractivity contribution < 1.29 is 28.5 Å². The number of hydrogen-bond donors (Lipinski definition) is 0. The Hall–Kier alpha value is -4.14. The second kappa shape index (κ2) is 15.2. The zero-order valence-electron chi connectivity index (χ0n) is 26.7. The molecule has 1 aliphatic rings. The van der Waals surface area contributed by atoms with Crippen molar-refractivity contribution >= 4 is 16.9 Å². The molecule has 0 aliphatic carbocycles. The van der Waals surface area contributed by atoms with Crippen LogP contribution in [0.5, 0.6) is 11.5 Å². The summed E-state index contributed by atoms with van der Waals surface area (Å²) in [6.07, 6.45) is 4.72. The van der Waals surface area contributed by atoms with Crippen molar-refractivity contribution in [3.8, 4) is 11.5 Å². The van der Waals surface area contributed by atoms with Gasteiger partial charge in [-0.1, -0.05) is 42.5 Å². The molecule has 0 spiro atoms. The molecule has 0 radical (unpaired) electrons. The Morgan fingerprint density at radius 2 is 1.78 bits per heavy atom. The number of rotatable bonds is 12. The molecule has 8 heteroatoms. The predicted molar refractivity (Wildman–Crippen MR) is 175 cm³/mol. The average Bonchev–Trinajstić information content (AvgIpc) is 3.05. The number of aromatic nitrogens is 1. The highest BCUT2D eigenvalue weighted by molar-refractivity contribution is 5.81. The van der Waals surface area contributed by atoms with Crippen molar-refractivity contribution in [3.63, 3.8) is 0 Å². The van der Waals surface area contributed by atoms with Crippen LogP contribution in [0, 0.1) is 0 Å². The van der Waals surface area contributed by atoms with Crippen molar-refractivity contribution in [2.75, 3.05) is 33.4 Å². The van der Waals surface area contributed by atoms with Gasteiger partial charge < -0.3 is 28.6 Å². The number of amides is 1. The number of fused-ring (bicyclic) bond motifs is 1. The second-order valence-corrected chi connectivity index (χ2v) is 12.4. The van der Waals surface area contributed by atoms with Crippen LogP contribution in [0.3, 0.4) is 0 Å². The van der Waals surface area contributed by atoms with E-state index in [0.717, 1.165) is 46.2 Å². The van der Waals surface area contributed by atoms with E-state index in [0.29, 0.717) is 39.5 Å². The summed E-state index contributed by atoms with van der Waals surface area (Å²) in [6.45, 7) is 8.83. The molecule has 0 bridgehead atoms. The summed E-state index contributed by atoms with van der Waals surface area (Å²) in [4.78, 5) is 19.0. The van der Waals surface area contributed by atoms with Gasteiger partial charge in [0, 0.05) is 42.2 Å². The summed E-state index contributed by atoms with van der Waals surface area (Å²) in [5.41, 5.74) is 2.71. The van der Waals surface area contributed by atoms with Crippen molar-refractivity contribution in [2.45, 2.75) is 64.4 Å². The highest BCUT2D eigenvalue weighted by atomic mass is 16.6. The lowest BCUT2D eigenvalue weighted by atomic mass is 9.87. The summed E-state index contributed by atoms with van der Waals surface area (Å²) in [5.74, 6) is 1.78. The zero-order valence-corrected chi connectivity index (χ0v) is 26.7. The molecule has 0 N–H and O–H groups in total. The van der Waals surface area contributed by atoms with Crippen LogP contribution < -0.4 is 9.47 Å². The van der Waals surface area contributed by atoms with Crippen molar-refractivity contribution in [1.82, 2.24) is 9.88 Å². The highest BCUT2D eigenvalue weighted by Crippen LogP contribution is 2.33. The maximum Gasteiger partial charge on any atom is 0.410 e. The summed E-state index contributed by atoms with van der Waals surface area (Å²) < 4.78 is 29.4. The van der Waals surface area contributed by atoms with Crippen molar-refractivity contribution in [1.29, 1.82) is 0 Å². The fraction of sp³-hybridized carbons (Fsp3) is 0.405. The van der Waals surface area contributed by atoms with Gasteiger partial charge in [0.15, 0.2) is 0 Å². The lowest BCUT2D eigenvalue weighted by molar-refractivity contribution is -0.0359. The summed E-state index contributed by atoms with van der Waals surface area (Å²) in [7, 11) is 1.67. The molecule has 1 saturated heterocycles. The number of carbonyl (C=O) groups excluding carboxylic acids is 1. The lowest BCUT2D eigenvalue weighted by Crippen LogP contribution is -2.48. The molecule has 1 aromatic heterocycles. The van der Waals surface area contributed by atoms with Crippen LogP contribution in [0.15, 0.2) is 85.2 Å². The minimum atomic E-state index is -0.555. The summed E-state index contributed by atoms with van der Waals surface area (Å²) >= 11 is 0. The standard InChI is InChI=1S/C37H44N2O6/c1-37(2,3)45-36(40)39-19-17-33(35(24-39)44-25-27-10-11-28-16-18-38-23-31(28)22-27)29-12-14-32(15-13-29)43-21-7-20-42-26-30-8-5-6-9-34(30)41-4/h5-6,8-16,18,22-23,33,35H,7,17,19-21,24-26H2,1-4H3. The molecule has 238 valence electrons. The maximum absolute atomic E-state index is 12.9. The third-order valence-corrected chi connectivity index (χ3v) is 7.84. The molecule has 5 rings (SSSR count). The molecule has 1 amide bonds. The van der Waals surface area contributed by atoms with E-state index in [-0.39, 0.29) is 18.1 Å². The third-order valence-electron chi connectivity index (χ3n) is 7.84. The fourth-order valence-corrected chi connectivity index (χ4v) is 5.55. The Balaban J connectivity index is 1.17. The number of ether oxygens (including phenoxy) is 5. The normalized spacial score (nSPS) is 16.8. The molecule has 3 aromatic carbocycles. The number of benzene rings is 3. The second-order valence-electron chi connectivity index (χ2n) is 12.4. The SMILES string of the molecule is COc1ccccc1COCCCOc1ccc(C2CCN(C(=O)OC(C)(C)C)CC2OCc2ccc3ccncc3c2)cc1. The number of piperidine rings is 1. The van der Waals surface area contributed by atoms with Crippen LogP contribution in [-0.4, -0.2) is 61.1 Å². The average molecular weight is 613 g/mol. The zero-order chi connectivity index (χ0) is 31.6. The number of likely N-dealkylation sites (tertiary alicyclic amines) is 1. The Kier molecular flexibility index (Phi) is 10.9. The highest BCUT2D eigenvalue weighted by Gasteiger charge is 2.35.